The van der Waals surface area contributed by atoms with Crippen LogP contribution in [-0.2, 0) is 9.47 Å². The van der Waals surface area contributed by atoms with Crippen molar-refractivity contribution in [2.24, 2.45) is 0 Å². The maximum absolute atomic E-state index is 13.5. The van der Waals surface area contributed by atoms with Crippen LogP contribution in [0, 0.1) is 0 Å². The minimum atomic E-state index is -0.523. The van der Waals surface area contributed by atoms with E-state index in [9.17, 15) is 19.2 Å². The molecule has 2 aromatic carbocycles. The Labute approximate surface area is 292 Å². The summed E-state index contributed by atoms with van der Waals surface area (Å²) in [6.45, 7) is 3.84. The summed E-state index contributed by atoms with van der Waals surface area (Å²) in [6.07, 6.45) is 7.23. The van der Waals surface area contributed by atoms with Gasteiger partial charge in [0.15, 0.2) is 0 Å². The van der Waals surface area contributed by atoms with E-state index in [2.05, 4.69) is 31.9 Å². The number of hydrogen-bond donors (Lipinski definition) is 0. The van der Waals surface area contributed by atoms with Gasteiger partial charge in [0.2, 0.25) is 11.6 Å². The highest BCUT2D eigenvalue weighted by Gasteiger charge is 2.23. The van der Waals surface area contributed by atoms with Gasteiger partial charge < -0.3 is 18.3 Å². The van der Waals surface area contributed by atoms with Crippen LogP contribution in [0.5, 0.6) is 0 Å². The monoisotopic (exact) mass is 766 g/mol. The first-order valence-corrected chi connectivity index (χ1v) is 16.7. The third-order valence-corrected chi connectivity index (χ3v) is 8.79. The number of esters is 2. The van der Waals surface area contributed by atoms with Crippen LogP contribution in [-0.4, -0.2) is 45.5 Å². The van der Waals surface area contributed by atoms with Crippen molar-refractivity contribution in [2.75, 3.05) is 13.2 Å². The summed E-state index contributed by atoms with van der Waals surface area (Å²) in [4.78, 5) is 52.8. The highest BCUT2D eigenvalue weighted by atomic mass is 79.9. The average molecular weight is 768 g/mol. The number of carbonyl (C=O) groups is 4. The lowest BCUT2D eigenvalue weighted by Gasteiger charge is -2.06. The molecular formula is C38H28Br2N2O6. The Morgan fingerprint density at radius 2 is 0.958 bits per heavy atom. The Kier molecular flexibility index (Phi) is 9.56. The van der Waals surface area contributed by atoms with Crippen molar-refractivity contribution in [3.8, 4) is 0 Å². The van der Waals surface area contributed by atoms with E-state index in [-0.39, 0.29) is 35.9 Å². The molecule has 48 heavy (non-hydrogen) atoms. The van der Waals surface area contributed by atoms with Crippen molar-refractivity contribution in [2.45, 2.75) is 13.8 Å². The van der Waals surface area contributed by atoms with Gasteiger partial charge in [0.25, 0.3) is 0 Å². The van der Waals surface area contributed by atoms with E-state index in [4.69, 9.17) is 9.47 Å². The van der Waals surface area contributed by atoms with Gasteiger partial charge in [0.05, 0.1) is 46.8 Å². The van der Waals surface area contributed by atoms with Gasteiger partial charge in [0, 0.05) is 32.5 Å². The SMILES string of the molecule is CCOC(=O)c1cc(C(=O)c2ccc(Br)cc2)n2ccc(/C=C/c3ccn4c(C(=O)c5ccc(Br)cc5)cc(C(=O)OCC)c4c3)cc12. The number of halogens is 2. The van der Waals surface area contributed by atoms with Crippen molar-refractivity contribution < 1.29 is 28.7 Å². The van der Waals surface area contributed by atoms with E-state index in [1.54, 1.807) is 95.7 Å². The van der Waals surface area contributed by atoms with E-state index >= 15 is 0 Å². The Morgan fingerprint density at radius 3 is 1.31 bits per heavy atom. The highest BCUT2D eigenvalue weighted by Crippen LogP contribution is 2.26. The zero-order valence-electron chi connectivity index (χ0n) is 25.9. The minimum absolute atomic E-state index is 0.193. The summed E-state index contributed by atoms with van der Waals surface area (Å²) in [5.74, 6) is -1.51. The standard InChI is InChI=1S/C38H28Br2N2O6/c1-3-47-37(45)29-21-33(35(43)25-7-11-27(39)12-8-25)41-17-15-23(19-31(29)41)5-6-24-16-18-42-32(20-24)30(38(46)48-4-2)22-34(42)36(44)26-9-13-28(40)14-10-26/h5-22H,3-4H2,1-2H3/b6-5+. The molecule has 6 rings (SSSR count). The van der Waals surface area contributed by atoms with E-state index in [1.165, 1.54) is 0 Å². The molecule has 0 saturated carbocycles. The molecule has 0 atom stereocenters. The fraction of sp³-hybridized carbons (Fsp3) is 0.105. The van der Waals surface area contributed by atoms with Gasteiger partial charge in [-0.2, -0.15) is 0 Å². The van der Waals surface area contributed by atoms with Crippen LogP contribution in [0.15, 0.2) is 106 Å². The van der Waals surface area contributed by atoms with Crippen LogP contribution < -0.4 is 0 Å². The quantitative estimate of drug-likeness (QED) is 0.102. The normalized spacial score (nSPS) is 11.3. The summed E-state index contributed by atoms with van der Waals surface area (Å²) >= 11 is 6.79. The molecule has 0 spiro atoms. The van der Waals surface area contributed by atoms with Crippen molar-refractivity contribution in [3.05, 3.63) is 151 Å². The second-order valence-electron chi connectivity index (χ2n) is 10.8. The molecule has 0 N–H and O–H groups in total. The van der Waals surface area contributed by atoms with Gasteiger partial charge >= 0.3 is 11.9 Å². The molecule has 8 nitrogen and oxygen atoms in total. The zero-order valence-corrected chi connectivity index (χ0v) is 29.1. The minimum Gasteiger partial charge on any atom is -0.462 e. The van der Waals surface area contributed by atoms with Crippen LogP contribution in [0.1, 0.15) is 77.8 Å². The van der Waals surface area contributed by atoms with Crippen molar-refractivity contribution in [3.63, 3.8) is 0 Å². The number of hydrogen-bond acceptors (Lipinski definition) is 6. The summed E-state index contributed by atoms with van der Waals surface area (Å²) in [7, 11) is 0. The maximum atomic E-state index is 13.5. The summed E-state index contributed by atoms with van der Waals surface area (Å²) in [5, 5.41) is 0. The fourth-order valence-corrected chi connectivity index (χ4v) is 5.95. The lowest BCUT2D eigenvalue weighted by molar-refractivity contribution is 0.0519. The smallest absolute Gasteiger partial charge is 0.340 e. The molecule has 0 fully saturated rings. The molecule has 4 aromatic heterocycles. The van der Waals surface area contributed by atoms with Crippen molar-refractivity contribution in [1.29, 1.82) is 0 Å². The first-order valence-electron chi connectivity index (χ1n) is 15.1. The van der Waals surface area contributed by atoms with Gasteiger partial charge in [0.1, 0.15) is 0 Å². The molecule has 0 radical (unpaired) electrons. The number of aromatic nitrogens is 2. The van der Waals surface area contributed by atoms with Gasteiger partial charge in [-0.3, -0.25) is 9.59 Å². The Bertz CT molecular complexity index is 2090. The average Bonchev–Trinajstić information content (AvgIpc) is 3.66. The predicted molar refractivity (Wildman–Crippen MR) is 191 cm³/mol. The highest BCUT2D eigenvalue weighted by molar-refractivity contribution is 9.10. The molecule has 0 unspecified atom stereocenters. The first-order chi connectivity index (χ1) is 23.2. The molecule has 0 saturated heterocycles. The van der Waals surface area contributed by atoms with Crippen LogP contribution in [0.4, 0.5) is 0 Å². The fourth-order valence-electron chi connectivity index (χ4n) is 5.42. The molecule has 240 valence electrons. The van der Waals surface area contributed by atoms with Gasteiger partial charge in [-0.15, -0.1) is 0 Å². The maximum Gasteiger partial charge on any atom is 0.340 e. The number of carbonyl (C=O) groups excluding carboxylic acids is 4. The predicted octanol–water partition coefficient (Wildman–Crippen LogP) is 8.70. The van der Waals surface area contributed by atoms with E-state index in [1.807, 2.05) is 36.4 Å². The van der Waals surface area contributed by atoms with Crippen molar-refractivity contribution in [1.82, 2.24) is 8.80 Å². The third kappa shape index (κ3) is 6.54. The second kappa shape index (κ2) is 14.0. The Hall–Kier alpha value is -5.06. The molecule has 10 heteroatoms. The number of rotatable bonds is 10. The van der Waals surface area contributed by atoms with E-state index in [0.717, 1.165) is 20.1 Å². The Balaban J connectivity index is 1.38. The van der Waals surface area contributed by atoms with Crippen LogP contribution in [0.25, 0.3) is 23.2 Å². The Morgan fingerprint density at radius 1 is 0.583 bits per heavy atom. The molecule has 0 aliphatic carbocycles. The first kappa shape index (κ1) is 32.9. The summed E-state index contributed by atoms with van der Waals surface area (Å²) < 4.78 is 15.7. The van der Waals surface area contributed by atoms with E-state index < -0.39 is 11.9 Å². The molecule has 0 bridgehead atoms. The van der Waals surface area contributed by atoms with E-state index in [0.29, 0.717) is 33.5 Å². The van der Waals surface area contributed by atoms with Gasteiger partial charge in [-0.05, 0) is 110 Å². The number of nitrogens with zero attached hydrogens (tertiary/aromatic N) is 2. The number of benzene rings is 2. The molecular weight excluding hydrogens is 740 g/mol. The van der Waals surface area contributed by atoms with Crippen LogP contribution >= 0.6 is 31.9 Å². The summed E-state index contributed by atoms with van der Waals surface area (Å²) in [5.41, 5.74) is 4.80. The van der Waals surface area contributed by atoms with Crippen LogP contribution in [0.3, 0.4) is 0 Å². The number of fused-ring (bicyclic) bond motifs is 2. The lowest BCUT2D eigenvalue weighted by atomic mass is 10.1. The van der Waals surface area contributed by atoms with Crippen LogP contribution in [0.2, 0.25) is 0 Å². The second-order valence-corrected chi connectivity index (χ2v) is 12.6. The van der Waals surface area contributed by atoms with Gasteiger partial charge in [-0.25, -0.2) is 9.59 Å². The summed E-state index contributed by atoms with van der Waals surface area (Å²) in [6, 6.07) is 24.5. The molecule has 0 aliphatic heterocycles. The largest absolute Gasteiger partial charge is 0.462 e. The third-order valence-electron chi connectivity index (χ3n) is 7.73. The number of ketones is 2. The molecule has 4 heterocycles. The molecule has 0 aliphatic rings. The van der Waals surface area contributed by atoms with Gasteiger partial charge in [-0.1, -0.05) is 44.0 Å². The number of ether oxygens (including phenoxy) is 2. The lowest BCUT2D eigenvalue weighted by Crippen LogP contribution is -2.05. The topological polar surface area (TPSA) is 95.6 Å². The zero-order chi connectivity index (χ0) is 33.9. The van der Waals surface area contributed by atoms with Crippen molar-refractivity contribution >= 4 is 78.6 Å². The molecule has 0 amide bonds. The number of pyridine rings is 2. The molecule has 6 aromatic rings.